The minimum atomic E-state index is -4.81. The van der Waals surface area contributed by atoms with Gasteiger partial charge in [-0.3, -0.25) is 4.79 Å². The summed E-state index contributed by atoms with van der Waals surface area (Å²) in [4.78, 5) is 12.1. The van der Waals surface area contributed by atoms with Crippen molar-refractivity contribution < 1.29 is 22.4 Å². The van der Waals surface area contributed by atoms with E-state index in [9.17, 15) is 22.4 Å². The average Bonchev–Trinajstić information content (AvgIpc) is 2.40. The van der Waals surface area contributed by atoms with Gasteiger partial charge in [0.05, 0.1) is 11.1 Å². The minimum Gasteiger partial charge on any atom is -0.324 e. The smallest absolute Gasteiger partial charge is 0.324 e. The molecule has 1 aliphatic carbocycles. The molecular weight excluding hydrogens is 324 g/mol. The van der Waals surface area contributed by atoms with E-state index < -0.39 is 29.0 Å². The van der Waals surface area contributed by atoms with Gasteiger partial charge in [0.25, 0.3) is 0 Å². The molecule has 1 aliphatic rings. The molecule has 1 aromatic rings. The molecule has 0 heterocycles. The molecule has 8 heteroatoms. The van der Waals surface area contributed by atoms with Crippen molar-refractivity contribution in [2.24, 2.45) is 5.73 Å². The lowest BCUT2D eigenvalue weighted by atomic mass is 9.82. The number of hydrogen-bond donors (Lipinski definition) is 2. The van der Waals surface area contributed by atoms with Crippen LogP contribution < -0.4 is 11.1 Å². The van der Waals surface area contributed by atoms with Gasteiger partial charge in [-0.25, -0.2) is 4.39 Å². The maximum Gasteiger partial charge on any atom is 0.419 e. The van der Waals surface area contributed by atoms with Crippen molar-refractivity contribution in [1.29, 1.82) is 0 Å². The molecule has 0 radical (unpaired) electrons. The number of nitrogens with two attached hydrogens (primary N) is 1. The first-order valence-electron chi connectivity index (χ1n) is 6.69. The van der Waals surface area contributed by atoms with Crippen LogP contribution in [-0.2, 0) is 11.0 Å². The molecule has 1 amide bonds. The van der Waals surface area contributed by atoms with Crippen LogP contribution in [0.4, 0.5) is 23.2 Å². The molecule has 0 atom stereocenters. The second kappa shape index (κ2) is 6.83. The first-order valence-corrected chi connectivity index (χ1v) is 6.69. The largest absolute Gasteiger partial charge is 0.419 e. The molecule has 0 aliphatic heterocycles. The predicted molar refractivity (Wildman–Crippen MR) is 77.3 cm³/mol. The van der Waals surface area contributed by atoms with Gasteiger partial charge in [-0.1, -0.05) is 19.3 Å². The van der Waals surface area contributed by atoms with E-state index in [4.69, 9.17) is 5.73 Å². The number of alkyl halides is 3. The van der Waals surface area contributed by atoms with Gasteiger partial charge in [0, 0.05) is 5.69 Å². The van der Waals surface area contributed by atoms with Crippen LogP contribution in [-0.4, -0.2) is 11.4 Å². The van der Waals surface area contributed by atoms with Crippen molar-refractivity contribution >= 4 is 24.0 Å². The molecule has 2 rings (SSSR count). The fraction of sp³-hybridized carbons (Fsp3) is 0.500. The summed E-state index contributed by atoms with van der Waals surface area (Å²) in [5.41, 5.74) is 3.42. The van der Waals surface area contributed by atoms with Gasteiger partial charge in [-0.2, -0.15) is 13.2 Å². The van der Waals surface area contributed by atoms with Gasteiger partial charge in [0.2, 0.25) is 5.91 Å². The Labute approximate surface area is 131 Å². The first-order chi connectivity index (χ1) is 9.72. The van der Waals surface area contributed by atoms with Crippen LogP contribution in [0.15, 0.2) is 18.2 Å². The van der Waals surface area contributed by atoms with E-state index in [1.165, 1.54) is 0 Å². The van der Waals surface area contributed by atoms with Crippen molar-refractivity contribution in [3.8, 4) is 0 Å². The summed E-state index contributed by atoms with van der Waals surface area (Å²) in [6.45, 7) is 0. The highest BCUT2D eigenvalue weighted by Crippen LogP contribution is 2.33. The Morgan fingerprint density at radius 1 is 1.18 bits per heavy atom. The van der Waals surface area contributed by atoms with Crippen LogP contribution in [0.3, 0.4) is 0 Å². The third-order valence-corrected chi connectivity index (χ3v) is 3.73. The molecule has 0 aromatic heterocycles. The Morgan fingerprint density at radius 2 is 1.77 bits per heavy atom. The van der Waals surface area contributed by atoms with E-state index in [2.05, 4.69) is 5.32 Å². The third kappa shape index (κ3) is 4.10. The Kier molecular flexibility index (Phi) is 5.81. The fourth-order valence-electron chi connectivity index (χ4n) is 2.49. The van der Waals surface area contributed by atoms with E-state index in [-0.39, 0.29) is 18.1 Å². The summed E-state index contributed by atoms with van der Waals surface area (Å²) in [5, 5.41) is 2.36. The standard InChI is InChI=1S/C14H16F4N2O.ClH/c15-11-5-4-9(8-10(11)14(16,17)18)20-12(21)13(19)6-2-1-3-7-13;/h4-5,8H,1-3,6-7,19H2,(H,20,21);1H. The zero-order chi connectivity index (χ0) is 15.7. The fourth-order valence-corrected chi connectivity index (χ4v) is 2.49. The van der Waals surface area contributed by atoms with E-state index in [1.807, 2.05) is 0 Å². The summed E-state index contributed by atoms with van der Waals surface area (Å²) in [6, 6.07) is 2.36. The Balaban J connectivity index is 0.00000242. The number of rotatable bonds is 2. The van der Waals surface area contributed by atoms with E-state index in [0.29, 0.717) is 25.0 Å². The van der Waals surface area contributed by atoms with Crippen molar-refractivity contribution in [3.05, 3.63) is 29.6 Å². The molecule has 3 N–H and O–H groups in total. The van der Waals surface area contributed by atoms with E-state index >= 15 is 0 Å². The SMILES string of the molecule is Cl.NC1(C(=O)Nc2ccc(F)c(C(F)(F)F)c2)CCCCC1. The van der Waals surface area contributed by atoms with Crippen LogP contribution in [0.2, 0.25) is 0 Å². The molecule has 0 spiro atoms. The molecule has 1 fully saturated rings. The summed E-state index contributed by atoms with van der Waals surface area (Å²) in [6.07, 6.45) is -1.22. The van der Waals surface area contributed by atoms with Crippen LogP contribution in [0, 0.1) is 5.82 Å². The number of nitrogens with one attached hydrogen (secondary N) is 1. The second-order valence-corrected chi connectivity index (χ2v) is 5.36. The van der Waals surface area contributed by atoms with Crippen LogP contribution in [0.25, 0.3) is 0 Å². The Morgan fingerprint density at radius 3 is 2.32 bits per heavy atom. The summed E-state index contributed by atoms with van der Waals surface area (Å²) < 4.78 is 51.0. The summed E-state index contributed by atoms with van der Waals surface area (Å²) >= 11 is 0. The average molecular weight is 341 g/mol. The quantitative estimate of drug-likeness (QED) is 0.803. The zero-order valence-corrected chi connectivity index (χ0v) is 12.5. The summed E-state index contributed by atoms with van der Waals surface area (Å²) in [5.74, 6) is -1.90. The lowest BCUT2D eigenvalue weighted by Gasteiger charge is -2.31. The molecule has 22 heavy (non-hydrogen) atoms. The van der Waals surface area contributed by atoms with Gasteiger partial charge >= 0.3 is 6.18 Å². The molecule has 1 aromatic carbocycles. The van der Waals surface area contributed by atoms with Gasteiger partial charge < -0.3 is 11.1 Å². The molecule has 3 nitrogen and oxygen atoms in total. The number of anilines is 1. The molecule has 0 bridgehead atoms. The van der Waals surface area contributed by atoms with Crippen molar-refractivity contribution in [2.75, 3.05) is 5.32 Å². The molecule has 0 saturated heterocycles. The highest BCUT2D eigenvalue weighted by Gasteiger charge is 2.37. The maximum atomic E-state index is 13.2. The van der Waals surface area contributed by atoms with Crippen molar-refractivity contribution in [3.63, 3.8) is 0 Å². The minimum absolute atomic E-state index is 0. The van der Waals surface area contributed by atoms with Gasteiger partial charge in [-0.05, 0) is 31.0 Å². The van der Waals surface area contributed by atoms with Crippen LogP contribution in [0.1, 0.15) is 37.7 Å². The lowest BCUT2D eigenvalue weighted by molar-refractivity contribution is -0.140. The maximum absolute atomic E-state index is 13.2. The van der Waals surface area contributed by atoms with E-state index in [0.717, 1.165) is 25.3 Å². The number of amides is 1. The number of carbonyl (C=O) groups is 1. The lowest BCUT2D eigenvalue weighted by Crippen LogP contribution is -2.52. The number of halogens is 5. The molecule has 0 unspecified atom stereocenters. The highest BCUT2D eigenvalue weighted by atomic mass is 35.5. The molecule has 124 valence electrons. The molecule has 1 saturated carbocycles. The van der Waals surface area contributed by atoms with Crippen molar-refractivity contribution in [2.45, 2.75) is 43.8 Å². The highest BCUT2D eigenvalue weighted by molar-refractivity contribution is 5.98. The Hall–Kier alpha value is -1.34. The summed E-state index contributed by atoms with van der Waals surface area (Å²) in [7, 11) is 0. The number of benzene rings is 1. The van der Waals surface area contributed by atoms with Gasteiger partial charge in [0.1, 0.15) is 5.82 Å². The zero-order valence-electron chi connectivity index (χ0n) is 11.7. The van der Waals surface area contributed by atoms with E-state index in [1.54, 1.807) is 0 Å². The van der Waals surface area contributed by atoms with Crippen LogP contribution in [0.5, 0.6) is 0 Å². The van der Waals surface area contributed by atoms with Gasteiger partial charge in [-0.15, -0.1) is 12.4 Å². The van der Waals surface area contributed by atoms with Gasteiger partial charge in [0.15, 0.2) is 0 Å². The number of hydrogen-bond acceptors (Lipinski definition) is 2. The monoisotopic (exact) mass is 340 g/mol. The molecular formula is C14H17ClF4N2O. The topological polar surface area (TPSA) is 55.1 Å². The normalized spacial score (nSPS) is 17.5. The second-order valence-electron chi connectivity index (χ2n) is 5.36. The number of carbonyl (C=O) groups excluding carboxylic acids is 1. The first kappa shape index (κ1) is 18.7. The third-order valence-electron chi connectivity index (χ3n) is 3.73. The van der Waals surface area contributed by atoms with Crippen molar-refractivity contribution in [1.82, 2.24) is 0 Å². The predicted octanol–water partition coefficient (Wildman–Crippen LogP) is 3.87. The van der Waals surface area contributed by atoms with Crippen LogP contribution >= 0.6 is 12.4 Å². The Bertz CT molecular complexity index is 542.